The van der Waals surface area contributed by atoms with Crippen LogP contribution in [-0.2, 0) is 4.79 Å². The maximum absolute atomic E-state index is 13.9. The molecule has 2 aromatic rings. The summed E-state index contributed by atoms with van der Waals surface area (Å²) in [6.07, 6.45) is 0.450. The summed E-state index contributed by atoms with van der Waals surface area (Å²) in [6.45, 7) is 7.28. The average molecular weight is 445 g/mol. The van der Waals surface area contributed by atoms with E-state index in [9.17, 15) is 23.8 Å². The second-order valence-corrected chi connectivity index (χ2v) is 8.33. The summed E-state index contributed by atoms with van der Waals surface area (Å²) >= 11 is 0. The Kier molecular flexibility index (Phi) is 8.87. The molecule has 4 nitrogen and oxygen atoms in total. The lowest BCUT2D eigenvalue weighted by Crippen LogP contribution is -2.19. The Morgan fingerprint density at radius 1 is 0.969 bits per heavy atom. The van der Waals surface area contributed by atoms with E-state index in [2.05, 4.69) is 0 Å². The van der Waals surface area contributed by atoms with Gasteiger partial charge in [0.05, 0.1) is 18.6 Å². The predicted molar refractivity (Wildman–Crippen MR) is 121 cm³/mol. The Balaban J connectivity index is 2.58. The second-order valence-electron chi connectivity index (χ2n) is 8.33. The third-order valence-electron chi connectivity index (χ3n) is 5.23. The van der Waals surface area contributed by atoms with Gasteiger partial charge in [0.1, 0.15) is 11.6 Å². The quantitative estimate of drug-likeness (QED) is 0.466. The SMILES string of the molecule is Cc1cc(C(=C(/C=C/[C@@H](O)C[C@@H](O)CC(=O)O)C(C)C)c2ccc(F)c(C)c2)ccc1F. The Labute approximate surface area is 187 Å². The van der Waals surface area contributed by atoms with Crippen LogP contribution in [0.3, 0.4) is 0 Å². The first-order valence-corrected chi connectivity index (χ1v) is 10.5. The fraction of sp³-hybridized carbons (Fsp3) is 0.346. The van der Waals surface area contributed by atoms with Gasteiger partial charge >= 0.3 is 5.97 Å². The lowest BCUT2D eigenvalue weighted by atomic mass is 9.86. The normalized spacial score (nSPS) is 13.4. The van der Waals surface area contributed by atoms with Crippen LogP contribution in [0, 0.1) is 31.4 Å². The molecule has 2 rings (SSSR count). The highest BCUT2D eigenvalue weighted by Gasteiger charge is 2.17. The predicted octanol–water partition coefficient (Wildman–Crippen LogP) is 5.18. The molecule has 0 aliphatic carbocycles. The fourth-order valence-corrected chi connectivity index (χ4v) is 3.52. The van der Waals surface area contributed by atoms with Gasteiger partial charge < -0.3 is 15.3 Å². The topological polar surface area (TPSA) is 77.8 Å². The van der Waals surface area contributed by atoms with Crippen molar-refractivity contribution in [3.8, 4) is 0 Å². The van der Waals surface area contributed by atoms with Crippen molar-refractivity contribution in [2.75, 3.05) is 0 Å². The minimum atomic E-state index is -1.17. The number of benzene rings is 2. The van der Waals surface area contributed by atoms with Crippen molar-refractivity contribution >= 4 is 11.5 Å². The Morgan fingerprint density at radius 3 is 1.88 bits per heavy atom. The maximum atomic E-state index is 13.9. The molecular weight excluding hydrogens is 414 g/mol. The molecule has 0 radical (unpaired) electrons. The molecule has 0 bridgehead atoms. The number of hydrogen-bond donors (Lipinski definition) is 3. The zero-order valence-electron chi connectivity index (χ0n) is 18.8. The highest BCUT2D eigenvalue weighted by molar-refractivity contribution is 5.84. The van der Waals surface area contributed by atoms with E-state index in [4.69, 9.17) is 5.11 Å². The van der Waals surface area contributed by atoms with Crippen molar-refractivity contribution in [3.63, 3.8) is 0 Å². The van der Waals surface area contributed by atoms with Crippen molar-refractivity contribution < 1.29 is 28.9 Å². The van der Waals surface area contributed by atoms with E-state index in [0.29, 0.717) is 11.1 Å². The molecule has 32 heavy (non-hydrogen) atoms. The van der Waals surface area contributed by atoms with Crippen LogP contribution >= 0.6 is 0 Å². The maximum Gasteiger partial charge on any atom is 0.305 e. The van der Waals surface area contributed by atoms with Gasteiger partial charge in [-0.25, -0.2) is 8.78 Å². The molecule has 0 amide bonds. The third-order valence-corrected chi connectivity index (χ3v) is 5.23. The van der Waals surface area contributed by atoms with Crippen molar-refractivity contribution in [1.29, 1.82) is 0 Å². The number of allylic oxidation sites excluding steroid dienone is 2. The Bertz CT molecular complexity index is 971. The summed E-state index contributed by atoms with van der Waals surface area (Å²) in [7, 11) is 0. The second kappa shape index (κ2) is 11.2. The molecular formula is C26H30F2O4. The first-order chi connectivity index (χ1) is 15.0. The van der Waals surface area contributed by atoms with E-state index in [1.807, 2.05) is 13.8 Å². The molecule has 0 aliphatic heterocycles. The molecule has 2 atom stereocenters. The molecule has 3 N–H and O–H groups in total. The van der Waals surface area contributed by atoms with Gasteiger partial charge in [-0.3, -0.25) is 4.79 Å². The van der Waals surface area contributed by atoms with Gasteiger partial charge in [-0.05, 0) is 77.4 Å². The number of aliphatic hydroxyl groups excluding tert-OH is 2. The zero-order chi connectivity index (χ0) is 24.0. The minimum Gasteiger partial charge on any atom is -0.481 e. The monoisotopic (exact) mass is 444 g/mol. The standard InChI is InChI=1S/C26H30F2O4/c1-15(2)22(8-7-20(29)13-21(30)14-25(31)32)26(18-5-9-23(27)16(3)11-18)19-6-10-24(28)17(4)12-19/h5-12,15,20-21,29-30H,13-14H2,1-4H3,(H,31,32)/b8-7+/t20-,21-/m1/s1. The Hall–Kier alpha value is -2.83. The van der Waals surface area contributed by atoms with Crippen LogP contribution in [0.1, 0.15) is 48.9 Å². The number of carboxylic acids is 1. The molecule has 0 aliphatic rings. The van der Waals surface area contributed by atoms with E-state index in [1.165, 1.54) is 18.2 Å². The average Bonchev–Trinajstić information content (AvgIpc) is 2.68. The number of halogens is 2. The van der Waals surface area contributed by atoms with Crippen molar-refractivity contribution in [1.82, 2.24) is 0 Å². The summed E-state index contributed by atoms with van der Waals surface area (Å²) in [6, 6.07) is 9.57. The highest BCUT2D eigenvalue weighted by Crippen LogP contribution is 2.33. The van der Waals surface area contributed by atoms with Crippen LogP contribution < -0.4 is 0 Å². The number of aliphatic carboxylic acids is 1. The number of hydrogen-bond acceptors (Lipinski definition) is 3. The van der Waals surface area contributed by atoms with Gasteiger partial charge in [0.15, 0.2) is 0 Å². The zero-order valence-corrected chi connectivity index (χ0v) is 18.8. The van der Waals surface area contributed by atoms with Crippen LogP contribution in [0.5, 0.6) is 0 Å². The molecule has 0 heterocycles. The summed E-state index contributed by atoms with van der Waals surface area (Å²) in [5, 5.41) is 28.8. The molecule has 2 aromatic carbocycles. The first-order valence-electron chi connectivity index (χ1n) is 10.5. The summed E-state index contributed by atoms with van der Waals surface area (Å²) in [4.78, 5) is 10.7. The lowest BCUT2D eigenvalue weighted by molar-refractivity contribution is -0.139. The van der Waals surface area contributed by atoms with E-state index in [-0.39, 0.29) is 24.0 Å². The summed E-state index contributed by atoms with van der Waals surface area (Å²) in [5.41, 5.74) is 4.06. The van der Waals surface area contributed by atoms with Gasteiger partial charge in [0, 0.05) is 6.42 Å². The number of aliphatic hydroxyl groups is 2. The van der Waals surface area contributed by atoms with Crippen LogP contribution in [0.4, 0.5) is 8.78 Å². The fourth-order valence-electron chi connectivity index (χ4n) is 3.52. The molecule has 0 unspecified atom stereocenters. The highest BCUT2D eigenvalue weighted by atomic mass is 19.1. The number of carbonyl (C=O) groups is 1. The van der Waals surface area contributed by atoms with Crippen LogP contribution in [0.25, 0.3) is 5.57 Å². The number of rotatable bonds is 9. The largest absolute Gasteiger partial charge is 0.481 e. The molecule has 0 saturated heterocycles. The van der Waals surface area contributed by atoms with E-state index in [1.54, 1.807) is 44.2 Å². The molecule has 0 spiro atoms. The van der Waals surface area contributed by atoms with E-state index >= 15 is 0 Å². The Morgan fingerprint density at radius 2 is 1.47 bits per heavy atom. The van der Waals surface area contributed by atoms with Crippen molar-refractivity contribution in [2.45, 2.75) is 52.7 Å². The van der Waals surface area contributed by atoms with Crippen molar-refractivity contribution in [2.24, 2.45) is 5.92 Å². The van der Waals surface area contributed by atoms with Crippen LogP contribution in [0.2, 0.25) is 0 Å². The number of aryl methyl sites for hydroxylation is 2. The smallest absolute Gasteiger partial charge is 0.305 e. The molecule has 6 heteroatoms. The molecule has 0 fully saturated rings. The molecule has 172 valence electrons. The van der Waals surface area contributed by atoms with Crippen molar-refractivity contribution in [3.05, 3.63) is 88.0 Å². The minimum absolute atomic E-state index is 0.00638. The van der Waals surface area contributed by atoms with E-state index in [0.717, 1.165) is 22.3 Å². The molecule has 0 aromatic heterocycles. The summed E-state index contributed by atoms with van der Waals surface area (Å²) < 4.78 is 27.9. The number of carboxylic acid groups (broad SMARTS) is 1. The first kappa shape index (κ1) is 25.4. The third kappa shape index (κ3) is 6.84. The van der Waals surface area contributed by atoms with Gasteiger partial charge in [-0.2, -0.15) is 0 Å². The summed E-state index contributed by atoms with van der Waals surface area (Å²) in [5.74, 6) is -1.80. The molecule has 0 saturated carbocycles. The van der Waals surface area contributed by atoms with Gasteiger partial charge in [0.25, 0.3) is 0 Å². The van der Waals surface area contributed by atoms with Crippen LogP contribution in [-0.4, -0.2) is 33.5 Å². The van der Waals surface area contributed by atoms with Gasteiger partial charge in [-0.15, -0.1) is 0 Å². The lowest BCUT2D eigenvalue weighted by Gasteiger charge is -2.19. The van der Waals surface area contributed by atoms with Gasteiger partial charge in [0.2, 0.25) is 0 Å². The van der Waals surface area contributed by atoms with Crippen LogP contribution in [0.15, 0.2) is 54.1 Å². The van der Waals surface area contributed by atoms with E-state index < -0.39 is 24.6 Å². The van der Waals surface area contributed by atoms with Gasteiger partial charge in [-0.1, -0.05) is 38.1 Å².